The molecule has 2 rings (SSSR count). The van der Waals surface area contributed by atoms with E-state index in [1.165, 1.54) is 12.1 Å². The molecule has 118 valence electrons. The summed E-state index contributed by atoms with van der Waals surface area (Å²) in [5.74, 6) is -0.191. The molecule has 4 nitrogen and oxygen atoms in total. The third kappa shape index (κ3) is 4.02. The van der Waals surface area contributed by atoms with Crippen LogP contribution in [0.5, 0.6) is 0 Å². The van der Waals surface area contributed by atoms with Crippen molar-refractivity contribution in [2.75, 3.05) is 0 Å². The summed E-state index contributed by atoms with van der Waals surface area (Å²) in [6.45, 7) is 2.30. The number of nitrogens with one attached hydrogen (secondary N) is 1. The Hall–Kier alpha value is -0.980. The molecule has 3 N–H and O–H groups in total. The topological polar surface area (TPSA) is 72.2 Å². The standard InChI is InChI=1S/C15H23FN2O2S/c1-2-11-4-3-5-13(8-11)18-21(19,20)15-7-6-12(10-17)9-14(15)16/h6-7,9,11,13,18H,2-5,8,10,17H2,1H3. The summed E-state index contributed by atoms with van der Waals surface area (Å²) in [7, 11) is -3.81. The van der Waals surface area contributed by atoms with Gasteiger partial charge in [-0.05, 0) is 36.5 Å². The van der Waals surface area contributed by atoms with Crippen LogP contribution in [0.15, 0.2) is 23.1 Å². The van der Waals surface area contributed by atoms with Gasteiger partial charge in [0.25, 0.3) is 0 Å². The maximum absolute atomic E-state index is 14.0. The van der Waals surface area contributed by atoms with Crippen molar-refractivity contribution in [1.82, 2.24) is 4.72 Å². The first kappa shape index (κ1) is 16.4. The summed E-state index contributed by atoms with van der Waals surface area (Å²) in [4.78, 5) is -0.293. The molecule has 1 aromatic carbocycles. The van der Waals surface area contributed by atoms with E-state index in [1.807, 2.05) is 0 Å². The van der Waals surface area contributed by atoms with E-state index in [0.29, 0.717) is 11.5 Å². The van der Waals surface area contributed by atoms with Crippen LogP contribution in [0.3, 0.4) is 0 Å². The summed E-state index contributed by atoms with van der Waals surface area (Å²) in [5.41, 5.74) is 6.00. The Morgan fingerprint density at radius 3 is 2.76 bits per heavy atom. The maximum atomic E-state index is 14.0. The molecule has 0 saturated heterocycles. The number of hydrogen-bond acceptors (Lipinski definition) is 3. The van der Waals surface area contributed by atoms with Crippen LogP contribution in [0.4, 0.5) is 4.39 Å². The molecule has 0 bridgehead atoms. The van der Waals surface area contributed by atoms with E-state index in [2.05, 4.69) is 11.6 Å². The van der Waals surface area contributed by atoms with Crippen molar-refractivity contribution in [2.45, 2.75) is 56.5 Å². The summed E-state index contributed by atoms with van der Waals surface area (Å²) in [5, 5.41) is 0. The Morgan fingerprint density at radius 1 is 1.38 bits per heavy atom. The van der Waals surface area contributed by atoms with Crippen LogP contribution in [0.1, 0.15) is 44.6 Å². The highest BCUT2D eigenvalue weighted by molar-refractivity contribution is 7.89. The van der Waals surface area contributed by atoms with Crippen LogP contribution < -0.4 is 10.5 Å². The summed E-state index contributed by atoms with van der Waals surface area (Å²) < 4.78 is 41.3. The van der Waals surface area contributed by atoms with Crippen molar-refractivity contribution in [3.8, 4) is 0 Å². The van der Waals surface area contributed by atoms with Crippen LogP contribution in [0, 0.1) is 11.7 Å². The van der Waals surface area contributed by atoms with Crippen LogP contribution in [0.2, 0.25) is 0 Å². The molecule has 1 saturated carbocycles. The lowest BCUT2D eigenvalue weighted by molar-refractivity contribution is 0.301. The van der Waals surface area contributed by atoms with Crippen molar-refractivity contribution in [3.05, 3.63) is 29.6 Å². The molecule has 6 heteroatoms. The fourth-order valence-corrected chi connectivity index (χ4v) is 4.28. The van der Waals surface area contributed by atoms with Gasteiger partial charge in [0.05, 0.1) is 0 Å². The fourth-order valence-electron chi connectivity index (χ4n) is 2.94. The highest BCUT2D eigenvalue weighted by Crippen LogP contribution is 2.28. The van der Waals surface area contributed by atoms with Gasteiger partial charge in [0.15, 0.2) is 0 Å². The van der Waals surface area contributed by atoms with Crippen molar-refractivity contribution in [3.63, 3.8) is 0 Å². The van der Waals surface area contributed by atoms with Crippen molar-refractivity contribution < 1.29 is 12.8 Å². The summed E-state index contributed by atoms with van der Waals surface area (Å²) in [6.07, 6.45) is 4.86. The highest BCUT2D eigenvalue weighted by atomic mass is 32.2. The van der Waals surface area contributed by atoms with E-state index >= 15 is 0 Å². The van der Waals surface area contributed by atoms with E-state index in [9.17, 15) is 12.8 Å². The smallest absolute Gasteiger partial charge is 0.243 e. The van der Waals surface area contributed by atoms with E-state index in [1.54, 1.807) is 6.07 Å². The number of benzene rings is 1. The number of rotatable bonds is 5. The first-order chi connectivity index (χ1) is 9.96. The average molecular weight is 314 g/mol. The third-order valence-corrected chi connectivity index (χ3v) is 5.76. The van der Waals surface area contributed by atoms with Gasteiger partial charge in [-0.15, -0.1) is 0 Å². The lowest BCUT2D eigenvalue weighted by Gasteiger charge is -2.28. The summed E-state index contributed by atoms with van der Waals surface area (Å²) >= 11 is 0. The van der Waals surface area contributed by atoms with Gasteiger partial charge in [0, 0.05) is 12.6 Å². The van der Waals surface area contributed by atoms with Gasteiger partial charge < -0.3 is 5.73 Å². The Balaban J connectivity index is 2.14. The zero-order valence-corrected chi connectivity index (χ0v) is 13.1. The largest absolute Gasteiger partial charge is 0.326 e. The molecule has 0 aromatic heterocycles. The Morgan fingerprint density at radius 2 is 2.14 bits per heavy atom. The molecular weight excluding hydrogens is 291 g/mol. The van der Waals surface area contributed by atoms with Crippen LogP contribution >= 0.6 is 0 Å². The molecular formula is C15H23FN2O2S. The zero-order valence-electron chi connectivity index (χ0n) is 12.3. The second-order valence-electron chi connectivity index (χ2n) is 5.73. The monoisotopic (exact) mass is 314 g/mol. The molecule has 1 fully saturated rings. The fraction of sp³-hybridized carbons (Fsp3) is 0.600. The Labute approximate surface area is 126 Å². The first-order valence-corrected chi connectivity index (χ1v) is 8.95. The molecule has 1 aromatic rings. The molecule has 2 unspecified atom stereocenters. The molecule has 0 spiro atoms. The van der Waals surface area contributed by atoms with Gasteiger partial charge in [0.2, 0.25) is 10.0 Å². The minimum absolute atomic E-state index is 0.0951. The predicted molar refractivity (Wildman–Crippen MR) is 80.6 cm³/mol. The lowest BCUT2D eigenvalue weighted by Crippen LogP contribution is -2.38. The van der Waals surface area contributed by atoms with Gasteiger partial charge in [-0.25, -0.2) is 17.5 Å². The molecule has 21 heavy (non-hydrogen) atoms. The van der Waals surface area contributed by atoms with Crippen LogP contribution in [-0.2, 0) is 16.6 Å². The van der Waals surface area contributed by atoms with Crippen LogP contribution in [0.25, 0.3) is 0 Å². The van der Waals surface area contributed by atoms with Gasteiger partial charge in [0.1, 0.15) is 10.7 Å². The second kappa shape index (κ2) is 6.85. The van der Waals surface area contributed by atoms with Crippen molar-refractivity contribution >= 4 is 10.0 Å². The molecule has 2 atom stereocenters. The third-order valence-electron chi connectivity index (χ3n) is 4.20. The molecule has 0 radical (unpaired) electrons. The molecule has 1 aliphatic rings. The maximum Gasteiger partial charge on any atom is 0.243 e. The van der Waals surface area contributed by atoms with E-state index in [-0.39, 0.29) is 17.5 Å². The quantitative estimate of drug-likeness (QED) is 0.877. The minimum Gasteiger partial charge on any atom is -0.326 e. The average Bonchev–Trinajstić information content (AvgIpc) is 2.46. The van der Waals surface area contributed by atoms with Gasteiger partial charge >= 0.3 is 0 Å². The second-order valence-corrected chi connectivity index (χ2v) is 7.41. The van der Waals surface area contributed by atoms with Crippen molar-refractivity contribution in [1.29, 1.82) is 0 Å². The van der Waals surface area contributed by atoms with E-state index in [4.69, 9.17) is 5.73 Å². The number of sulfonamides is 1. The number of halogens is 1. The Kier molecular flexibility index (Phi) is 5.35. The Bertz CT molecular complexity index is 589. The lowest BCUT2D eigenvalue weighted by atomic mass is 9.85. The number of nitrogens with two attached hydrogens (primary N) is 1. The van der Waals surface area contributed by atoms with Gasteiger partial charge in [-0.1, -0.05) is 32.3 Å². The normalized spacial score (nSPS) is 23.2. The summed E-state index contributed by atoms with van der Waals surface area (Å²) in [6, 6.07) is 3.93. The minimum atomic E-state index is -3.81. The molecule has 0 aliphatic heterocycles. The van der Waals surface area contributed by atoms with E-state index in [0.717, 1.165) is 32.1 Å². The van der Waals surface area contributed by atoms with Crippen molar-refractivity contribution in [2.24, 2.45) is 11.7 Å². The predicted octanol–water partition coefficient (Wildman–Crippen LogP) is 2.53. The SMILES string of the molecule is CCC1CCCC(NS(=O)(=O)c2ccc(CN)cc2F)C1. The van der Waals surface area contributed by atoms with Crippen LogP contribution in [-0.4, -0.2) is 14.5 Å². The van der Waals surface area contributed by atoms with E-state index < -0.39 is 15.8 Å². The van der Waals surface area contributed by atoms with Gasteiger partial charge in [-0.3, -0.25) is 0 Å². The number of hydrogen-bond donors (Lipinski definition) is 2. The van der Waals surface area contributed by atoms with Gasteiger partial charge in [-0.2, -0.15) is 0 Å². The zero-order chi connectivity index (χ0) is 15.5. The molecule has 0 amide bonds. The molecule has 1 aliphatic carbocycles. The highest BCUT2D eigenvalue weighted by Gasteiger charge is 2.27. The molecule has 0 heterocycles. The first-order valence-electron chi connectivity index (χ1n) is 7.47.